The van der Waals surface area contributed by atoms with Crippen LogP contribution in [0.15, 0.2) is 36.4 Å². The van der Waals surface area contributed by atoms with Crippen LogP contribution in [0, 0.1) is 0 Å². The van der Waals surface area contributed by atoms with Crippen LogP contribution in [-0.2, 0) is 0 Å². The van der Waals surface area contributed by atoms with E-state index in [4.69, 9.17) is 9.47 Å². The Bertz CT molecular complexity index is 823. The van der Waals surface area contributed by atoms with E-state index in [1.54, 1.807) is 26.4 Å². The first-order chi connectivity index (χ1) is 10.7. The zero-order valence-corrected chi connectivity index (χ0v) is 12.3. The minimum Gasteiger partial charge on any atom is -0.493 e. The molecule has 0 saturated carbocycles. The number of hydrogen-bond acceptors (Lipinski definition) is 4. The number of carbonyl (C=O) groups excluding carboxylic acids is 2. The number of methoxy groups -OCH3 is 2. The van der Waals surface area contributed by atoms with Crippen molar-refractivity contribution in [3.63, 3.8) is 0 Å². The van der Waals surface area contributed by atoms with Gasteiger partial charge in [0.1, 0.15) is 0 Å². The summed E-state index contributed by atoms with van der Waals surface area (Å²) in [5, 5.41) is 3.74. The Morgan fingerprint density at radius 3 is 1.32 bits per heavy atom. The molecule has 0 radical (unpaired) electrons. The van der Waals surface area contributed by atoms with Gasteiger partial charge in [-0.3, -0.25) is 9.59 Å². The normalized spacial score (nSPS) is 10.6. The van der Waals surface area contributed by atoms with Crippen LogP contribution in [0.5, 0.6) is 11.5 Å². The minimum absolute atomic E-state index is 0.391. The lowest BCUT2D eigenvalue weighted by Crippen LogP contribution is -1.92. The second kappa shape index (κ2) is 5.48. The van der Waals surface area contributed by atoms with Gasteiger partial charge in [0.05, 0.1) is 14.2 Å². The van der Waals surface area contributed by atoms with Gasteiger partial charge in [0, 0.05) is 11.1 Å². The molecule has 0 heterocycles. The summed E-state index contributed by atoms with van der Waals surface area (Å²) in [6, 6.07) is 11.2. The fourth-order valence-electron chi connectivity index (χ4n) is 2.62. The molecule has 4 nitrogen and oxygen atoms in total. The largest absolute Gasteiger partial charge is 0.493 e. The fourth-order valence-corrected chi connectivity index (χ4v) is 2.62. The van der Waals surface area contributed by atoms with Crippen molar-refractivity contribution in [3.05, 3.63) is 47.5 Å². The molecule has 0 aliphatic carbocycles. The smallest absolute Gasteiger partial charge is 0.161 e. The summed E-state index contributed by atoms with van der Waals surface area (Å²) < 4.78 is 10.6. The molecule has 3 aromatic rings. The minimum atomic E-state index is 0.391. The Balaban J connectivity index is 2.35. The molecule has 3 rings (SSSR count). The monoisotopic (exact) mass is 294 g/mol. The van der Waals surface area contributed by atoms with Crippen molar-refractivity contribution in [2.45, 2.75) is 0 Å². The molecule has 0 aliphatic heterocycles. The Morgan fingerprint density at radius 1 is 0.636 bits per heavy atom. The number of benzene rings is 3. The third-order valence-corrected chi connectivity index (χ3v) is 3.75. The number of fused-ring (bicyclic) bond motifs is 2. The molecule has 0 bridgehead atoms. The van der Waals surface area contributed by atoms with Gasteiger partial charge in [0.2, 0.25) is 0 Å². The van der Waals surface area contributed by atoms with Crippen LogP contribution in [-0.4, -0.2) is 26.8 Å². The Morgan fingerprint density at radius 2 is 1.00 bits per heavy atom. The summed E-state index contributed by atoms with van der Waals surface area (Å²) in [5.74, 6) is 1.30. The number of carbonyl (C=O) groups is 2. The van der Waals surface area contributed by atoms with Crippen LogP contribution >= 0.6 is 0 Å². The van der Waals surface area contributed by atoms with Crippen molar-refractivity contribution >= 4 is 34.1 Å². The lowest BCUT2D eigenvalue weighted by atomic mass is 9.98. The van der Waals surface area contributed by atoms with Gasteiger partial charge in [-0.2, -0.15) is 0 Å². The quantitative estimate of drug-likeness (QED) is 0.544. The Kier molecular flexibility index (Phi) is 3.51. The summed E-state index contributed by atoms with van der Waals surface area (Å²) >= 11 is 0. The van der Waals surface area contributed by atoms with Gasteiger partial charge in [-0.15, -0.1) is 0 Å². The lowest BCUT2D eigenvalue weighted by molar-refractivity contribution is 0.109. The van der Waals surface area contributed by atoms with E-state index in [9.17, 15) is 9.59 Å². The molecular formula is C18H14O4. The summed E-state index contributed by atoms with van der Waals surface area (Å²) in [4.78, 5) is 22.2. The Labute approximate surface area is 127 Å². The Hall–Kier alpha value is -2.88. The van der Waals surface area contributed by atoms with E-state index in [2.05, 4.69) is 0 Å². The van der Waals surface area contributed by atoms with E-state index in [1.807, 2.05) is 24.3 Å². The van der Waals surface area contributed by atoms with Crippen molar-refractivity contribution in [3.8, 4) is 11.5 Å². The summed E-state index contributed by atoms with van der Waals surface area (Å²) in [6.07, 6.45) is 1.39. The first-order valence-electron chi connectivity index (χ1n) is 6.74. The zero-order valence-electron chi connectivity index (χ0n) is 12.3. The van der Waals surface area contributed by atoms with E-state index in [1.165, 1.54) is 0 Å². The van der Waals surface area contributed by atoms with Crippen molar-refractivity contribution < 1.29 is 19.1 Å². The highest BCUT2D eigenvalue weighted by molar-refractivity contribution is 6.04. The second-order valence-corrected chi connectivity index (χ2v) is 4.97. The highest BCUT2D eigenvalue weighted by Crippen LogP contribution is 2.34. The molecular weight excluding hydrogens is 280 g/mol. The van der Waals surface area contributed by atoms with Gasteiger partial charge in [-0.1, -0.05) is 0 Å². The molecule has 0 aromatic heterocycles. The SMILES string of the molecule is COc1cc2cc3cc(C=O)c(C=O)cc3cc2cc1OC. The molecule has 0 spiro atoms. The average molecular weight is 294 g/mol. The van der Waals surface area contributed by atoms with E-state index in [-0.39, 0.29) is 0 Å². The zero-order chi connectivity index (χ0) is 15.7. The van der Waals surface area contributed by atoms with Gasteiger partial charge in [-0.25, -0.2) is 0 Å². The molecule has 0 aliphatic rings. The average Bonchev–Trinajstić information content (AvgIpc) is 2.57. The predicted molar refractivity (Wildman–Crippen MR) is 85.3 cm³/mol. The molecule has 110 valence electrons. The van der Waals surface area contributed by atoms with E-state index in [0.29, 0.717) is 35.2 Å². The van der Waals surface area contributed by atoms with Crippen LogP contribution in [0.4, 0.5) is 0 Å². The number of hydrogen-bond donors (Lipinski definition) is 0. The highest BCUT2D eigenvalue weighted by Gasteiger charge is 2.09. The predicted octanol–water partition coefficient (Wildman–Crippen LogP) is 3.64. The molecule has 22 heavy (non-hydrogen) atoms. The van der Waals surface area contributed by atoms with Gasteiger partial charge in [-0.05, 0) is 57.9 Å². The van der Waals surface area contributed by atoms with Gasteiger partial charge >= 0.3 is 0 Å². The highest BCUT2D eigenvalue weighted by atomic mass is 16.5. The van der Waals surface area contributed by atoms with E-state index in [0.717, 1.165) is 21.5 Å². The molecule has 0 unspecified atom stereocenters. The van der Waals surface area contributed by atoms with Gasteiger partial charge in [0.15, 0.2) is 24.1 Å². The number of aldehydes is 2. The standard InChI is InChI=1S/C18H14O4/c1-21-17-7-13-3-11-5-15(9-19)16(10-20)6-12(11)4-14(13)8-18(17)22-2/h3-10H,1-2H3. The van der Waals surface area contributed by atoms with Crippen LogP contribution < -0.4 is 9.47 Å². The van der Waals surface area contributed by atoms with Gasteiger partial charge < -0.3 is 9.47 Å². The molecule has 0 N–H and O–H groups in total. The topological polar surface area (TPSA) is 52.6 Å². The maximum atomic E-state index is 11.1. The molecule has 3 aromatic carbocycles. The van der Waals surface area contributed by atoms with Crippen LogP contribution in [0.25, 0.3) is 21.5 Å². The van der Waals surface area contributed by atoms with Crippen molar-refractivity contribution in [2.75, 3.05) is 14.2 Å². The van der Waals surface area contributed by atoms with E-state index >= 15 is 0 Å². The van der Waals surface area contributed by atoms with Crippen molar-refractivity contribution in [2.24, 2.45) is 0 Å². The first kappa shape index (κ1) is 14.1. The maximum Gasteiger partial charge on any atom is 0.161 e. The lowest BCUT2D eigenvalue weighted by Gasteiger charge is -2.10. The molecule has 0 amide bonds. The number of rotatable bonds is 4. The third-order valence-electron chi connectivity index (χ3n) is 3.75. The first-order valence-corrected chi connectivity index (χ1v) is 6.74. The summed E-state index contributed by atoms with van der Waals surface area (Å²) in [5.41, 5.74) is 0.782. The van der Waals surface area contributed by atoms with E-state index < -0.39 is 0 Å². The van der Waals surface area contributed by atoms with Crippen molar-refractivity contribution in [1.82, 2.24) is 0 Å². The molecule has 4 heteroatoms. The van der Waals surface area contributed by atoms with Crippen LogP contribution in [0.1, 0.15) is 20.7 Å². The van der Waals surface area contributed by atoms with Crippen molar-refractivity contribution in [1.29, 1.82) is 0 Å². The van der Waals surface area contributed by atoms with Gasteiger partial charge in [0.25, 0.3) is 0 Å². The third kappa shape index (κ3) is 2.19. The number of ether oxygens (including phenoxy) is 2. The summed E-state index contributed by atoms with van der Waals surface area (Å²) in [6.45, 7) is 0. The molecule has 0 saturated heterocycles. The maximum absolute atomic E-state index is 11.1. The fraction of sp³-hybridized carbons (Fsp3) is 0.111. The van der Waals surface area contributed by atoms with Crippen LogP contribution in [0.2, 0.25) is 0 Å². The summed E-state index contributed by atoms with van der Waals surface area (Å²) in [7, 11) is 3.18. The van der Waals surface area contributed by atoms with Crippen LogP contribution in [0.3, 0.4) is 0 Å². The molecule has 0 fully saturated rings. The molecule has 0 atom stereocenters. The second-order valence-electron chi connectivity index (χ2n) is 4.97.